The molecule has 1 aliphatic rings. The Hall–Kier alpha value is -3.06. The summed E-state index contributed by atoms with van der Waals surface area (Å²) < 4.78 is 29.3. The summed E-state index contributed by atoms with van der Waals surface area (Å²) in [5.74, 6) is 1.08. The highest BCUT2D eigenvalue weighted by Crippen LogP contribution is 2.28. The Labute approximate surface area is 176 Å². The lowest BCUT2D eigenvalue weighted by Gasteiger charge is -2.34. The third-order valence-electron chi connectivity index (χ3n) is 5.13. The first-order valence-electron chi connectivity index (χ1n) is 9.78. The SMILES string of the molecule is COc1ccc(/C=C/C(=O)N2CCN(Cc3ccc(OC)c(OC)c3)CC2)cc1F. The molecule has 2 aromatic rings. The molecule has 0 bridgehead atoms. The van der Waals surface area contributed by atoms with E-state index in [1.165, 1.54) is 19.3 Å². The van der Waals surface area contributed by atoms with Crippen molar-refractivity contribution in [2.45, 2.75) is 6.54 Å². The van der Waals surface area contributed by atoms with Crippen molar-refractivity contribution in [2.24, 2.45) is 0 Å². The number of methoxy groups -OCH3 is 3. The van der Waals surface area contributed by atoms with Crippen LogP contribution in [0.5, 0.6) is 17.2 Å². The second-order valence-corrected chi connectivity index (χ2v) is 7.02. The molecule has 2 aromatic carbocycles. The number of nitrogens with zero attached hydrogens (tertiary/aromatic N) is 2. The van der Waals surface area contributed by atoms with Gasteiger partial charge in [0.25, 0.3) is 0 Å². The number of benzene rings is 2. The van der Waals surface area contributed by atoms with Gasteiger partial charge in [-0.05, 0) is 41.5 Å². The molecule has 1 saturated heterocycles. The molecule has 3 rings (SSSR count). The fourth-order valence-electron chi connectivity index (χ4n) is 3.42. The maximum Gasteiger partial charge on any atom is 0.246 e. The fourth-order valence-corrected chi connectivity index (χ4v) is 3.42. The Balaban J connectivity index is 1.52. The third-order valence-corrected chi connectivity index (χ3v) is 5.13. The zero-order chi connectivity index (χ0) is 21.5. The zero-order valence-corrected chi connectivity index (χ0v) is 17.6. The minimum atomic E-state index is -0.448. The summed E-state index contributed by atoms with van der Waals surface area (Å²) in [4.78, 5) is 16.6. The Bertz CT molecular complexity index is 908. The van der Waals surface area contributed by atoms with Crippen LogP contribution in [0.3, 0.4) is 0 Å². The average Bonchev–Trinajstić information content (AvgIpc) is 2.78. The second-order valence-electron chi connectivity index (χ2n) is 7.02. The molecule has 0 radical (unpaired) electrons. The van der Waals surface area contributed by atoms with Crippen molar-refractivity contribution in [2.75, 3.05) is 47.5 Å². The van der Waals surface area contributed by atoms with Gasteiger partial charge in [0.2, 0.25) is 5.91 Å². The van der Waals surface area contributed by atoms with E-state index in [1.807, 2.05) is 23.1 Å². The van der Waals surface area contributed by atoms with Crippen LogP contribution in [0.4, 0.5) is 4.39 Å². The first-order valence-corrected chi connectivity index (χ1v) is 9.78. The number of ether oxygens (including phenoxy) is 3. The van der Waals surface area contributed by atoms with Crippen LogP contribution in [-0.2, 0) is 11.3 Å². The molecule has 30 heavy (non-hydrogen) atoms. The van der Waals surface area contributed by atoms with Crippen molar-refractivity contribution in [3.05, 3.63) is 59.4 Å². The van der Waals surface area contributed by atoms with E-state index in [4.69, 9.17) is 14.2 Å². The van der Waals surface area contributed by atoms with Crippen LogP contribution in [0.15, 0.2) is 42.5 Å². The van der Waals surface area contributed by atoms with Gasteiger partial charge in [-0.1, -0.05) is 12.1 Å². The van der Waals surface area contributed by atoms with Gasteiger partial charge in [-0.3, -0.25) is 9.69 Å². The predicted octanol–water partition coefficient (Wildman–Crippen LogP) is 3.21. The van der Waals surface area contributed by atoms with Crippen LogP contribution in [0.2, 0.25) is 0 Å². The van der Waals surface area contributed by atoms with Crippen molar-refractivity contribution in [3.63, 3.8) is 0 Å². The average molecular weight is 414 g/mol. The van der Waals surface area contributed by atoms with Crippen LogP contribution in [0.25, 0.3) is 6.08 Å². The van der Waals surface area contributed by atoms with E-state index in [0.717, 1.165) is 25.2 Å². The van der Waals surface area contributed by atoms with Crippen molar-refractivity contribution >= 4 is 12.0 Å². The van der Waals surface area contributed by atoms with Crippen molar-refractivity contribution in [1.29, 1.82) is 0 Å². The van der Waals surface area contributed by atoms with Gasteiger partial charge in [-0.25, -0.2) is 4.39 Å². The molecule has 0 spiro atoms. The molecule has 1 aliphatic heterocycles. The molecule has 1 heterocycles. The summed E-state index contributed by atoms with van der Waals surface area (Å²) in [7, 11) is 4.66. The van der Waals surface area contributed by atoms with Gasteiger partial charge in [0.1, 0.15) is 0 Å². The number of piperazine rings is 1. The maximum absolute atomic E-state index is 13.8. The summed E-state index contributed by atoms with van der Waals surface area (Å²) in [6.45, 7) is 3.64. The summed E-state index contributed by atoms with van der Waals surface area (Å²) in [5.41, 5.74) is 1.75. The molecule has 0 saturated carbocycles. The topological polar surface area (TPSA) is 51.2 Å². The number of carbonyl (C=O) groups is 1. The molecule has 0 unspecified atom stereocenters. The minimum Gasteiger partial charge on any atom is -0.494 e. The molecule has 6 nitrogen and oxygen atoms in total. The third kappa shape index (κ3) is 5.30. The minimum absolute atomic E-state index is 0.0722. The Kier molecular flexibility index (Phi) is 7.30. The molecule has 0 aromatic heterocycles. The number of hydrogen-bond donors (Lipinski definition) is 0. The molecular formula is C23H27FN2O4. The van der Waals surface area contributed by atoms with Crippen molar-refractivity contribution < 1.29 is 23.4 Å². The van der Waals surface area contributed by atoms with Crippen LogP contribution >= 0.6 is 0 Å². The van der Waals surface area contributed by atoms with Gasteiger partial charge in [-0.2, -0.15) is 0 Å². The zero-order valence-electron chi connectivity index (χ0n) is 17.6. The fraction of sp³-hybridized carbons (Fsp3) is 0.348. The van der Waals surface area contributed by atoms with Crippen LogP contribution in [0.1, 0.15) is 11.1 Å². The van der Waals surface area contributed by atoms with E-state index in [9.17, 15) is 9.18 Å². The predicted molar refractivity (Wildman–Crippen MR) is 113 cm³/mol. The van der Waals surface area contributed by atoms with E-state index in [0.29, 0.717) is 30.2 Å². The van der Waals surface area contributed by atoms with E-state index < -0.39 is 5.82 Å². The Morgan fingerprint density at radius 2 is 1.60 bits per heavy atom. The van der Waals surface area contributed by atoms with E-state index in [1.54, 1.807) is 32.4 Å². The number of amides is 1. The Morgan fingerprint density at radius 1 is 0.933 bits per heavy atom. The van der Waals surface area contributed by atoms with Crippen LogP contribution in [0, 0.1) is 5.82 Å². The first-order chi connectivity index (χ1) is 14.5. The molecule has 0 N–H and O–H groups in total. The van der Waals surface area contributed by atoms with Gasteiger partial charge in [0, 0.05) is 38.8 Å². The summed E-state index contributed by atoms with van der Waals surface area (Å²) in [6.07, 6.45) is 3.12. The second kappa shape index (κ2) is 10.1. The van der Waals surface area contributed by atoms with Crippen LogP contribution in [-0.4, -0.2) is 63.2 Å². The maximum atomic E-state index is 13.8. The standard InChI is InChI=1S/C23H27FN2O4/c1-28-20-7-4-17(14-19(20)24)6-9-23(27)26-12-10-25(11-13-26)16-18-5-8-21(29-2)22(15-18)30-3/h4-9,14-15H,10-13,16H2,1-3H3/b9-6+. The van der Waals surface area contributed by atoms with Gasteiger partial charge < -0.3 is 19.1 Å². The van der Waals surface area contributed by atoms with E-state index >= 15 is 0 Å². The van der Waals surface area contributed by atoms with Crippen molar-refractivity contribution in [3.8, 4) is 17.2 Å². The van der Waals surface area contributed by atoms with Crippen molar-refractivity contribution in [1.82, 2.24) is 9.80 Å². The lowest BCUT2D eigenvalue weighted by atomic mass is 10.1. The molecular weight excluding hydrogens is 387 g/mol. The molecule has 1 amide bonds. The van der Waals surface area contributed by atoms with Gasteiger partial charge >= 0.3 is 0 Å². The van der Waals surface area contributed by atoms with Gasteiger partial charge in [0.15, 0.2) is 23.1 Å². The first kappa shape index (κ1) is 21.6. The largest absolute Gasteiger partial charge is 0.494 e. The molecule has 160 valence electrons. The monoisotopic (exact) mass is 414 g/mol. The number of hydrogen-bond acceptors (Lipinski definition) is 5. The number of carbonyl (C=O) groups excluding carboxylic acids is 1. The lowest BCUT2D eigenvalue weighted by Crippen LogP contribution is -2.47. The van der Waals surface area contributed by atoms with E-state index in [2.05, 4.69) is 4.90 Å². The smallest absolute Gasteiger partial charge is 0.246 e. The number of rotatable bonds is 7. The van der Waals surface area contributed by atoms with Gasteiger partial charge in [0.05, 0.1) is 21.3 Å². The summed E-state index contributed by atoms with van der Waals surface area (Å²) in [5, 5.41) is 0. The van der Waals surface area contributed by atoms with Crippen LogP contribution < -0.4 is 14.2 Å². The highest BCUT2D eigenvalue weighted by molar-refractivity contribution is 5.91. The summed E-state index contributed by atoms with van der Waals surface area (Å²) in [6, 6.07) is 10.5. The van der Waals surface area contributed by atoms with E-state index in [-0.39, 0.29) is 11.7 Å². The van der Waals surface area contributed by atoms with Gasteiger partial charge in [-0.15, -0.1) is 0 Å². The normalized spacial score (nSPS) is 14.7. The molecule has 0 aliphatic carbocycles. The lowest BCUT2D eigenvalue weighted by molar-refractivity contribution is -0.127. The summed E-state index contributed by atoms with van der Waals surface area (Å²) >= 11 is 0. The highest BCUT2D eigenvalue weighted by Gasteiger charge is 2.20. The highest BCUT2D eigenvalue weighted by atomic mass is 19.1. The molecule has 7 heteroatoms. The molecule has 0 atom stereocenters. The molecule has 1 fully saturated rings. The quantitative estimate of drug-likeness (QED) is 0.652. The number of halogens is 1. The Morgan fingerprint density at radius 3 is 2.23 bits per heavy atom.